The molecular weight excluding hydrogens is 310 g/mol. The summed E-state index contributed by atoms with van der Waals surface area (Å²) < 4.78 is 8.38. The molecule has 1 fully saturated rings. The van der Waals surface area contributed by atoms with Crippen LogP contribution >= 0.6 is 0 Å². The van der Waals surface area contributed by atoms with E-state index >= 15 is 0 Å². The number of aromatic nitrogens is 2. The molecule has 1 N–H and O–H groups in total. The Morgan fingerprint density at radius 2 is 2.13 bits per heavy atom. The van der Waals surface area contributed by atoms with Crippen LogP contribution in [0.15, 0.2) is 12.4 Å². The molecule has 1 aromatic heterocycles. The van der Waals surface area contributed by atoms with Crippen LogP contribution in [0.4, 0.5) is 4.79 Å². The van der Waals surface area contributed by atoms with E-state index in [1.54, 1.807) is 6.20 Å². The molecule has 7 heteroatoms. The molecule has 0 radical (unpaired) electrons. The number of nitrogens with zero attached hydrogens (tertiary/aromatic N) is 3. The van der Waals surface area contributed by atoms with Gasteiger partial charge in [0.05, 0.1) is 6.10 Å². The van der Waals surface area contributed by atoms with Gasteiger partial charge in [0, 0.05) is 38.4 Å². The fourth-order valence-corrected chi connectivity index (χ4v) is 4.14. The van der Waals surface area contributed by atoms with Crippen molar-refractivity contribution in [1.29, 1.82) is 0 Å². The molecule has 1 aliphatic rings. The summed E-state index contributed by atoms with van der Waals surface area (Å²) in [5, 5.41) is 9.64. The number of amides is 1. The second-order valence-electron chi connectivity index (χ2n) is 7.98. The SMILES string of the molecule is Cn1ccnc1C[C@@H]1C[C@@H](O[Si](C)(C)C(C)(C)C)CN1C(=O)O. The molecule has 2 rings (SSSR count). The van der Waals surface area contributed by atoms with Gasteiger partial charge in [0.1, 0.15) is 5.82 Å². The summed E-state index contributed by atoms with van der Waals surface area (Å²) in [4.78, 5) is 17.4. The van der Waals surface area contributed by atoms with Gasteiger partial charge >= 0.3 is 6.09 Å². The summed E-state index contributed by atoms with van der Waals surface area (Å²) in [7, 11) is 0.0423. The molecule has 23 heavy (non-hydrogen) atoms. The van der Waals surface area contributed by atoms with Gasteiger partial charge in [-0.25, -0.2) is 9.78 Å². The van der Waals surface area contributed by atoms with Crippen LogP contribution in [0.2, 0.25) is 18.1 Å². The summed E-state index contributed by atoms with van der Waals surface area (Å²) in [6.07, 6.45) is 4.12. The topological polar surface area (TPSA) is 67.6 Å². The molecule has 6 nitrogen and oxygen atoms in total. The van der Waals surface area contributed by atoms with Crippen LogP contribution in [0.3, 0.4) is 0 Å². The van der Waals surface area contributed by atoms with Gasteiger partial charge in [-0.3, -0.25) is 0 Å². The smallest absolute Gasteiger partial charge is 0.407 e. The second-order valence-corrected chi connectivity index (χ2v) is 12.7. The Morgan fingerprint density at radius 3 is 2.61 bits per heavy atom. The van der Waals surface area contributed by atoms with Gasteiger partial charge in [0.25, 0.3) is 0 Å². The number of imidazole rings is 1. The zero-order valence-corrected chi connectivity index (χ0v) is 16.0. The maximum atomic E-state index is 11.6. The molecule has 0 saturated carbocycles. The molecule has 0 unspecified atom stereocenters. The molecule has 1 amide bonds. The van der Waals surface area contributed by atoms with Crippen molar-refractivity contribution in [1.82, 2.24) is 14.5 Å². The number of carbonyl (C=O) groups is 1. The minimum Gasteiger partial charge on any atom is -0.465 e. The lowest BCUT2D eigenvalue weighted by atomic mass is 10.1. The molecule has 2 atom stereocenters. The molecule has 1 aromatic rings. The Labute approximate surface area is 139 Å². The van der Waals surface area contributed by atoms with E-state index in [1.165, 1.54) is 4.90 Å². The van der Waals surface area contributed by atoms with Gasteiger partial charge in [-0.1, -0.05) is 20.8 Å². The average Bonchev–Trinajstić information content (AvgIpc) is 2.95. The van der Waals surface area contributed by atoms with Crippen molar-refractivity contribution >= 4 is 14.4 Å². The summed E-state index contributed by atoms with van der Waals surface area (Å²) in [5.74, 6) is 0.911. The molecule has 2 heterocycles. The van der Waals surface area contributed by atoms with Crippen LogP contribution < -0.4 is 0 Å². The van der Waals surface area contributed by atoms with Crippen LogP contribution in [-0.2, 0) is 17.9 Å². The van der Waals surface area contributed by atoms with Crippen molar-refractivity contribution in [3.63, 3.8) is 0 Å². The van der Waals surface area contributed by atoms with Crippen molar-refractivity contribution in [3.8, 4) is 0 Å². The average molecular weight is 340 g/mol. The molecular formula is C16H29N3O3Si. The van der Waals surface area contributed by atoms with Crippen molar-refractivity contribution in [3.05, 3.63) is 18.2 Å². The molecule has 1 saturated heterocycles. The number of hydrogen-bond acceptors (Lipinski definition) is 3. The van der Waals surface area contributed by atoms with Crippen molar-refractivity contribution < 1.29 is 14.3 Å². The van der Waals surface area contributed by atoms with Gasteiger partial charge in [-0.15, -0.1) is 0 Å². The lowest BCUT2D eigenvalue weighted by Crippen LogP contribution is -2.44. The summed E-state index contributed by atoms with van der Waals surface area (Å²) in [5.41, 5.74) is 0. The number of carboxylic acid groups (broad SMARTS) is 1. The summed E-state index contributed by atoms with van der Waals surface area (Å²) >= 11 is 0. The third kappa shape index (κ3) is 3.95. The monoisotopic (exact) mass is 339 g/mol. The minimum atomic E-state index is -1.89. The summed E-state index contributed by atoms with van der Waals surface area (Å²) in [6.45, 7) is 11.5. The van der Waals surface area contributed by atoms with E-state index in [2.05, 4.69) is 38.8 Å². The Balaban J connectivity index is 2.09. The highest BCUT2D eigenvalue weighted by molar-refractivity contribution is 6.74. The summed E-state index contributed by atoms with van der Waals surface area (Å²) in [6, 6.07) is -0.0663. The van der Waals surface area contributed by atoms with E-state index in [9.17, 15) is 9.90 Å². The van der Waals surface area contributed by atoms with E-state index in [1.807, 2.05) is 17.8 Å². The Kier molecular flexibility index (Phi) is 4.91. The van der Waals surface area contributed by atoms with Crippen molar-refractivity contribution in [2.75, 3.05) is 6.54 Å². The van der Waals surface area contributed by atoms with Crippen molar-refractivity contribution in [2.24, 2.45) is 7.05 Å². The number of rotatable bonds is 4. The quantitative estimate of drug-likeness (QED) is 0.856. The molecule has 0 aromatic carbocycles. The van der Waals surface area contributed by atoms with E-state index < -0.39 is 14.4 Å². The third-order valence-electron chi connectivity index (χ3n) is 5.23. The Morgan fingerprint density at radius 1 is 1.48 bits per heavy atom. The lowest BCUT2D eigenvalue weighted by molar-refractivity contribution is 0.132. The maximum Gasteiger partial charge on any atom is 0.407 e. The highest BCUT2D eigenvalue weighted by Gasteiger charge is 2.43. The Bertz CT molecular complexity index is 565. The van der Waals surface area contributed by atoms with Gasteiger partial charge < -0.3 is 19.0 Å². The first kappa shape index (κ1) is 18.0. The van der Waals surface area contributed by atoms with Crippen LogP contribution in [0.5, 0.6) is 0 Å². The van der Waals surface area contributed by atoms with Crippen LogP contribution in [0, 0.1) is 0 Å². The number of likely N-dealkylation sites (tertiary alicyclic amines) is 1. The van der Waals surface area contributed by atoms with Crippen molar-refractivity contribution in [2.45, 2.75) is 63.9 Å². The number of aryl methyl sites for hydroxylation is 1. The van der Waals surface area contributed by atoms with Crippen LogP contribution in [0.25, 0.3) is 0 Å². The lowest BCUT2D eigenvalue weighted by Gasteiger charge is -2.38. The number of hydrogen-bond donors (Lipinski definition) is 1. The first-order chi connectivity index (χ1) is 10.5. The van der Waals surface area contributed by atoms with Crippen LogP contribution in [0.1, 0.15) is 33.0 Å². The minimum absolute atomic E-state index is 0.0164. The molecule has 0 spiro atoms. The highest BCUT2D eigenvalue weighted by atomic mass is 28.4. The van der Waals surface area contributed by atoms with Gasteiger partial charge in [-0.05, 0) is 24.6 Å². The second kappa shape index (κ2) is 6.28. The molecule has 0 aliphatic carbocycles. The van der Waals surface area contributed by atoms with E-state index in [0.717, 1.165) is 12.2 Å². The van der Waals surface area contributed by atoms with Gasteiger partial charge in [0.2, 0.25) is 0 Å². The molecule has 0 bridgehead atoms. The fraction of sp³-hybridized carbons (Fsp3) is 0.750. The van der Waals surface area contributed by atoms with E-state index in [0.29, 0.717) is 13.0 Å². The van der Waals surface area contributed by atoms with Crippen LogP contribution in [-0.4, -0.2) is 52.7 Å². The highest BCUT2D eigenvalue weighted by Crippen LogP contribution is 2.39. The first-order valence-corrected chi connectivity index (χ1v) is 11.1. The van der Waals surface area contributed by atoms with Gasteiger partial charge in [0.15, 0.2) is 8.32 Å². The predicted octanol–water partition coefficient (Wildman–Crippen LogP) is 3.11. The normalized spacial score (nSPS) is 22.6. The zero-order valence-electron chi connectivity index (χ0n) is 15.0. The molecule has 130 valence electrons. The predicted molar refractivity (Wildman–Crippen MR) is 92.1 cm³/mol. The van der Waals surface area contributed by atoms with Gasteiger partial charge in [-0.2, -0.15) is 0 Å². The standard InChI is InChI=1S/C16H29N3O3Si/c1-16(2,3)23(5,6)22-13-9-12(19(11-13)15(20)21)10-14-17-7-8-18(14)4/h7-8,12-13H,9-11H2,1-6H3,(H,20,21)/t12-,13+/m0/s1. The Hall–Kier alpha value is -1.34. The maximum absolute atomic E-state index is 11.6. The van der Waals surface area contributed by atoms with E-state index in [4.69, 9.17) is 4.43 Å². The van der Waals surface area contributed by atoms with E-state index in [-0.39, 0.29) is 17.2 Å². The zero-order chi connectivity index (χ0) is 17.4. The largest absolute Gasteiger partial charge is 0.465 e. The third-order valence-corrected chi connectivity index (χ3v) is 9.76. The molecule has 1 aliphatic heterocycles. The fourth-order valence-electron chi connectivity index (χ4n) is 2.78. The first-order valence-electron chi connectivity index (χ1n) is 8.15.